The van der Waals surface area contributed by atoms with Crippen molar-refractivity contribution < 1.29 is 14.2 Å². The molecule has 0 aliphatic carbocycles. The number of ether oxygens (including phenoxy) is 3. The number of hydrogen-bond acceptors (Lipinski definition) is 5. The van der Waals surface area contributed by atoms with Crippen LogP contribution >= 0.6 is 0 Å². The molecule has 0 aromatic heterocycles. The molecule has 18 heavy (non-hydrogen) atoms. The summed E-state index contributed by atoms with van der Waals surface area (Å²) in [7, 11) is 2.29. The monoisotopic (exact) mass is 255 g/mol. The van der Waals surface area contributed by atoms with Crippen LogP contribution in [-0.2, 0) is 14.2 Å². The maximum Gasteiger partial charge on any atom is 0.120 e. The molecule has 4 N–H and O–H groups in total. The fourth-order valence-electron chi connectivity index (χ4n) is 2.61. The Balaban J connectivity index is 1.72. The third-order valence-corrected chi connectivity index (χ3v) is 3.60. The summed E-state index contributed by atoms with van der Waals surface area (Å²) in [5, 5.41) is 0. The lowest BCUT2D eigenvalue weighted by atomic mass is 9.59. The summed E-state index contributed by atoms with van der Waals surface area (Å²) < 4.78 is 17.4. The Kier molecular flexibility index (Phi) is 5.91. The molecule has 2 rings (SSSR count). The Hall–Kier alpha value is -0.135. The lowest BCUT2D eigenvalue weighted by molar-refractivity contribution is -0.0309. The van der Waals surface area contributed by atoms with E-state index in [9.17, 15) is 0 Å². The highest BCUT2D eigenvalue weighted by atomic mass is 16.6. The molecule has 5 nitrogen and oxygen atoms in total. The molecule has 0 saturated carbocycles. The zero-order valence-electron chi connectivity index (χ0n) is 10.9. The molecule has 2 fully saturated rings. The van der Waals surface area contributed by atoms with Crippen molar-refractivity contribution in [2.45, 2.75) is 43.3 Å². The Morgan fingerprint density at radius 1 is 1.06 bits per heavy atom. The van der Waals surface area contributed by atoms with Crippen LogP contribution in [0.4, 0.5) is 0 Å². The smallest absolute Gasteiger partial charge is 0.120 e. The van der Waals surface area contributed by atoms with Gasteiger partial charge < -0.3 is 25.7 Å². The normalized spacial score (nSPS) is 34.8. The zero-order chi connectivity index (χ0) is 12.8. The van der Waals surface area contributed by atoms with E-state index >= 15 is 0 Å². The minimum atomic E-state index is 0.0782. The van der Waals surface area contributed by atoms with Crippen molar-refractivity contribution in [2.24, 2.45) is 11.5 Å². The Labute approximate surface area is 110 Å². The van der Waals surface area contributed by atoms with Gasteiger partial charge in [0.05, 0.1) is 12.7 Å². The van der Waals surface area contributed by atoms with Crippen LogP contribution in [0.3, 0.4) is 0 Å². The van der Waals surface area contributed by atoms with E-state index in [4.69, 9.17) is 25.7 Å². The van der Waals surface area contributed by atoms with Crippen molar-refractivity contribution in [1.29, 1.82) is 0 Å². The van der Waals surface area contributed by atoms with Crippen LogP contribution in [0, 0.1) is 0 Å². The molecule has 2 aliphatic heterocycles. The van der Waals surface area contributed by atoms with Crippen LogP contribution in [0.5, 0.6) is 0 Å². The summed E-state index contributed by atoms with van der Waals surface area (Å²) in [6.45, 7) is 3.48. The number of nitrogens with two attached hydrogens (primary N) is 2. The SMILES string of the molecule is NCCC[B]C1COC2C(OCCCN)COC12. The highest BCUT2D eigenvalue weighted by Gasteiger charge is 2.47. The molecule has 0 amide bonds. The molecule has 2 saturated heterocycles. The minimum Gasteiger partial charge on any atom is -0.373 e. The predicted octanol–water partition coefficient (Wildman–Crippen LogP) is -0.222. The average Bonchev–Trinajstić information content (AvgIpc) is 2.94. The van der Waals surface area contributed by atoms with Crippen molar-refractivity contribution in [3.8, 4) is 0 Å². The zero-order valence-corrected chi connectivity index (χ0v) is 10.9. The Bertz CT molecular complexity index is 221. The van der Waals surface area contributed by atoms with Crippen molar-refractivity contribution in [2.75, 3.05) is 32.9 Å². The second-order valence-electron chi connectivity index (χ2n) is 4.98. The molecule has 4 unspecified atom stereocenters. The minimum absolute atomic E-state index is 0.0782. The van der Waals surface area contributed by atoms with Gasteiger partial charge in [0, 0.05) is 13.2 Å². The summed E-state index contributed by atoms with van der Waals surface area (Å²) in [6, 6.07) is 0. The van der Waals surface area contributed by atoms with Crippen LogP contribution in [0.25, 0.3) is 0 Å². The largest absolute Gasteiger partial charge is 0.373 e. The summed E-state index contributed by atoms with van der Waals surface area (Å²) in [5.41, 5.74) is 10.9. The summed E-state index contributed by atoms with van der Waals surface area (Å²) in [5.74, 6) is 0.393. The second-order valence-corrected chi connectivity index (χ2v) is 4.98. The number of hydrogen-bond donors (Lipinski definition) is 2. The van der Waals surface area contributed by atoms with E-state index in [1.165, 1.54) is 0 Å². The fraction of sp³-hybridized carbons (Fsp3) is 1.00. The molecule has 2 heterocycles. The first-order valence-electron chi connectivity index (χ1n) is 6.95. The van der Waals surface area contributed by atoms with Gasteiger partial charge in [0.1, 0.15) is 19.5 Å². The van der Waals surface area contributed by atoms with Crippen LogP contribution in [0.1, 0.15) is 12.8 Å². The van der Waals surface area contributed by atoms with E-state index in [2.05, 4.69) is 7.28 Å². The van der Waals surface area contributed by atoms with Gasteiger partial charge in [0.15, 0.2) is 0 Å². The third kappa shape index (κ3) is 3.45. The van der Waals surface area contributed by atoms with Gasteiger partial charge >= 0.3 is 0 Å². The first kappa shape index (κ1) is 14.3. The molecule has 6 heteroatoms. The first-order chi connectivity index (χ1) is 8.86. The van der Waals surface area contributed by atoms with Crippen molar-refractivity contribution >= 4 is 7.28 Å². The maximum absolute atomic E-state index is 5.82. The second kappa shape index (κ2) is 7.45. The topological polar surface area (TPSA) is 79.7 Å². The van der Waals surface area contributed by atoms with E-state index in [0.717, 1.165) is 32.3 Å². The standard InChI is InChI=1S/C12H24BN2O3/c14-4-1-3-13-9-7-17-12-10(8-18-11(9)12)16-6-2-5-15/h9-12H,1-8,14-15H2. The lowest BCUT2D eigenvalue weighted by Crippen LogP contribution is -2.31. The molecule has 2 aliphatic rings. The Morgan fingerprint density at radius 3 is 2.61 bits per heavy atom. The van der Waals surface area contributed by atoms with Gasteiger partial charge in [-0.1, -0.05) is 6.32 Å². The number of rotatable bonds is 8. The molecular weight excluding hydrogens is 231 g/mol. The van der Waals surface area contributed by atoms with Gasteiger partial charge in [-0.25, -0.2) is 0 Å². The van der Waals surface area contributed by atoms with Crippen LogP contribution in [0.15, 0.2) is 0 Å². The molecule has 103 valence electrons. The summed E-state index contributed by atoms with van der Waals surface area (Å²) in [6.07, 6.45) is 3.31. The molecule has 4 atom stereocenters. The van der Waals surface area contributed by atoms with E-state index < -0.39 is 0 Å². The van der Waals surface area contributed by atoms with Crippen molar-refractivity contribution in [1.82, 2.24) is 0 Å². The maximum atomic E-state index is 5.82. The van der Waals surface area contributed by atoms with Gasteiger partial charge in [-0.3, -0.25) is 0 Å². The van der Waals surface area contributed by atoms with E-state index in [0.29, 0.717) is 25.6 Å². The van der Waals surface area contributed by atoms with Gasteiger partial charge in [0.25, 0.3) is 0 Å². The van der Waals surface area contributed by atoms with Crippen molar-refractivity contribution in [3.05, 3.63) is 0 Å². The average molecular weight is 255 g/mol. The summed E-state index contributed by atoms with van der Waals surface area (Å²) in [4.78, 5) is 0. The highest BCUT2D eigenvalue weighted by Crippen LogP contribution is 2.36. The Morgan fingerprint density at radius 2 is 1.83 bits per heavy atom. The van der Waals surface area contributed by atoms with E-state index in [1.54, 1.807) is 0 Å². The molecule has 0 aromatic carbocycles. The van der Waals surface area contributed by atoms with Crippen LogP contribution in [0.2, 0.25) is 12.1 Å². The molecule has 1 radical (unpaired) electrons. The van der Waals surface area contributed by atoms with Crippen LogP contribution < -0.4 is 11.5 Å². The van der Waals surface area contributed by atoms with E-state index in [1.807, 2.05) is 0 Å². The number of fused-ring (bicyclic) bond motifs is 1. The first-order valence-corrected chi connectivity index (χ1v) is 6.95. The van der Waals surface area contributed by atoms with Gasteiger partial charge in [-0.15, -0.1) is 0 Å². The van der Waals surface area contributed by atoms with Gasteiger partial charge in [-0.05, 0) is 31.7 Å². The van der Waals surface area contributed by atoms with Gasteiger partial charge in [0.2, 0.25) is 0 Å². The third-order valence-electron chi connectivity index (χ3n) is 3.60. The summed E-state index contributed by atoms with van der Waals surface area (Å²) >= 11 is 0. The highest BCUT2D eigenvalue weighted by molar-refractivity contribution is 6.38. The molecule has 0 aromatic rings. The van der Waals surface area contributed by atoms with E-state index in [-0.39, 0.29) is 18.3 Å². The van der Waals surface area contributed by atoms with Crippen LogP contribution in [-0.4, -0.2) is 58.5 Å². The predicted molar refractivity (Wildman–Crippen MR) is 70.9 cm³/mol. The molecule has 0 spiro atoms. The van der Waals surface area contributed by atoms with Gasteiger partial charge in [-0.2, -0.15) is 0 Å². The van der Waals surface area contributed by atoms with Crippen molar-refractivity contribution in [3.63, 3.8) is 0 Å². The fourth-order valence-corrected chi connectivity index (χ4v) is 2.61. The quantitative estimate of drug-likeness (QED) is 0.463. The molecular formula is C12H24BN2O3. The lowest BCUT2D eigenvalue weighted by Gasteiger charge is -2.17. The molecule has 0 bridgehead atoms.